The van der Waals surface area contributed by atoms with E-state index in [-0.39, 0.29) is 29.7 Å². The van der Waals surface area contributed by atoms with Crippen molar-refractivity contribution in [2.75, 3.05) is 77.9 Å². The quantitative estimate of drug-likeness (QED) is 0.479. The van der Waals surface area contributed by atoms with Crippen molar-refractivity contribution < 1.29 is 33.3 Å². The van der Waals surface area contributed by atoms with Gasteiger partial charge in [-0.05, 0) is 36.2 Å². The maximum absolute atomic E-state index is 13.7. The van der Waals surface area contributed by atoms with Gasteiger partial charge in [-0.3, -0.25) is 14.5 Å². The highest BCUT2D eigenvalue weighted by molar-refractivity contribution is 8.13. The summed E-state index contributed by atoms with van der Waals surface area (Å²) in [5.74, 6) is 1.43. The summed E-state index contributed by atoms with van der Waals surface area (Å²) in [6, 6.07) is 12.8. The standard InChI is InChI=1S/C29H36N4O7S/c1-30-24(19-41-29(36)33(30)28(35)40-17-14-31-12-15-39-16-13-31)22-10-11-32(23-7-5-4-6-21(22)23)27(34)20-8-9-25(37-2)26(18-20)38-3/h4-9,18,22,24H,10-17,19H2,1-3H3. The largest absolute Gasteiger partial charge is 0.493 e. The molecule has 0 bridgehead atoms. The molecule has 3 amide bonds. The Hall–Kier alpha value is -3.32. The number of hydrogen-bond acceptors (Lipinski definition) is 10. The van der Waals surface area contributed by atoms with E-state index < -0.39 is 6.09 Å². The molecule has 12 heteroatoms. The number of para-hydroxylation sites is 1. The number of methoxy groups -OCH3 is 2. The van der Waals surface area contributed by atoms with Gasteiger partial charge in [-0.15, -0.1) is 0 Å². The van der Waals surface area contributed by atoms with E-state index in [0.717, 1.165) is 41.1 Å². The van der Waals surface area contributed by atoms with Gasteiger partial charge in [0.1, 0.15) is 6.61 Å². The molecule has 0 aromatic heterocycles. The lowest BCUT2D eigenvalue weighted by Crippen LogP contribution is -2.58. The van der Waals surface area contributed by atoms with Crippen LogP contribution in [0.25, 0.3) is 0 Å². The average Bonchev–Trinajstić information content (AvgIpc) is 3.00. The molecule has 3 aliphatic rings. The minimum Gasteiger partial charge on any atom is -0.493 e. The molecule has 2 atom stereocenters. The molecule has 2 saturated heterocycles. The van der Waals surface area contributed by atoms with Crippen molar-refractivity contribution in [3.8, 4) is 11.5 Å². The number of hydrazine groups is 1. The number of amides is 3. The fraction of sp³-hybridized carbons (Fsp3) is 0.483. The van der Waals surface area contributed by atoms with Gasteiger partial charge in [0.05, 0.1) is 27.4 Å². The van der Waals surface area contributed by atoms with E-state index in [1.54, 1.807) is 49.4 Å². The van der Waals surface area contributed by atoms with Gasteiger partial charge in [-0.2, -0.15) is 5.01 Å². The lowest BCUT2D eigenvalue weighted by molar-refractivity contribution is -0.00881. The third-order valence-electron chi connectivity index (χ3n) is 7.89. The number of fused-ring (bicyclic) bond motifs is 1. The number of carbonyl (C=O) groups is 3. The molecule has 2 aromatic rings. The number of nitrogens with zero attached hydrogens (tertiary/aromatic N) is 4. The lowest BCUT2D eigenvalue weighted by atomic mass is 9.84. The monoisotopic (exact) mass is 584 g/mol. The summed E-state index contributed by atoms with van der Waals surface area (Å²) in [6.07, 6.45) is -0.00277. The second-order valence-electron chi connectivity index (χ2n) is 10.1. The Labute approximate surface area is 244 Å². The zero-order valence-corrected chi connectivity index (χ0v) is 24.4. The molecule has 2 aromatic carbocycles. The zero-order valence-electron chi connectivity index (χ0n) is 23.6. The van der Waals surface area contributed by atoms with Crippen molar-refractivity contribution in [1.82, 2.24) is 14.9 Å². The van der Waals surface area contributed by atoms with Crippen LogP contribution in [-0.4, -0.2) is 111 Å². The molecular formula is C29H36N4O7S. The number of likely N-dealkylation sites (N-methyl/N-ethyl adjacent to an activating group) is 1. The Morgan fingerprint density at radius 1 is 1.02 bits per heavy atom. The fourth-order valence-corrected chi connectivity index (χ4v) is 6.74. The highest BCUT2D eigenvalue weighted by Gasteiger charge is 2.43. The maximum Gasteiger partial charge on any atom is 0.432 e. The van der Waals surface area contributed by atoms with E-state index in [0.29, 0.717) is 55.5 Å². The summed E-state index contributed by atoms with van der Waals surface area (Å²) >= 11 is 1.12. The van der Waals surface area contributed by atoms with Gasteiger partial charge >= 0.3 is 11.3 Å². The number of anilines is 1. The van der Waals surface area contributed by atoms with Crippen LogP contribution in [0.3, 0.4) is 0 Å². The summed E-state index contributed by atoms with van der Waals surface area (Å²) in [4.78, 5) is 43.5. The highest BCUT2D eigenvalue weighted by atomic mass is 32.2. The first kappa shape index (κ1) is 29.2. The fourth-order valence-electron chi connectivity index (χ4n) is 5.66. The third kappa shape index (κ3) is 6.15. The summed E-state index contributed by atoms with van der Waals surface area (Å²) in [6.45, 7) is 4.21. The molecule has 3 aliphatic heterocycles. The van der Waals surface area contributed by atoms with E-state index in [1.807, 2.05) is 24.3 Å². The molecule has 0 N–H and O–H groups in total. The van der Waals surface area contributed by atoms with Crippen molar-refractivity contribution in [2.45, 2.75) is 18.4 Å². The van der Waals surface area contributed by atoms with Crippen LogP contribution in [0.1, 0.15) is 28.3 Å². The molecule has 220 valence electrons. The van der Waals surface area contributed by atoms with Crippen LogP contribution >= 0.6 is 11.8 Å². The predicted molar refractivity (Wildman–Crippen MR) is 155 cm³/mol. The van der Waals surface area contributed by atoms with E-state index in [2.05, 4.69) is 4.90 Å². The molecule has 2 fully saturated rings. The summed E-state index contributed by atoms with van der Waals surface area (Å²) in [7, 11) is 4.86. The number of ether oxygens (including phenoxy) is 4. The number of imide groups is 1. The Morgan fingerprint density at radius 2 is 1.78 bits per heavy atom. The number of carbonyl (C=O) groups excluding carboxylic acids is 3. The van der Waals surface area contributed by atoms with Crippen molar-refractivity contribution >= 4 is 34.7 Å². The van der Waals surface area contributed by atoms with Gasteiger partial charge in [0, 0.05) is 62.2 Å². The van der Waals surface area contributed by atoms with Crippen LogP contribution in [-0.2, 0) is 9.47 Å². The molecule has 2 unspecified atom stereocenters. The van der Waals surface area contributed by atoms with Crippen LogP contribution in [0.15, 0.2) is 42.5 Å². The van der Waals surface area contributed by atoms with Gasteiger partial charge in [0.2, 0.25) is 0 Å². The molecule has 41 heavy (non-hydrogen) atoms. The normalized spacial score (nSPS) is 21.8. The number of morpholine rings is 1. The Kier molecular flexibility index (Phi) is 9.33. The summed E-state index contributed by atoms with van der Waals surface area (Å²) in [5.41, 5.74) is 2.32. The van der Waals surface area contributed by atoms with Gasteiger partial charge in [0.25, 0.3) is 5.91 Å². The first-order valence-corrected chi connectivity index (χ1v) is 14.7. The van der Waals surface area contributed by atoms with Gasteiger partial charge < -0.3 is 23.8 Å². The molecule has 0 spiro atoms. The van der Waals surface area contributed by atoms with Crippen molar-refractivity contribution in [3.05, 3.63) is 53.6 Å². The number of benzene rings is 2. The summed E-state index contributed by atoms with van der Waals surface area (Å²) < 4.78 is 21.6. The molecule has 3 heterocycles. The zero-order chi connectivity index (χ0) is 28.9. The Balaban J connectivity index is 1.31. The van der Waals surface area contributed by atoms with Crippen LogP contribution in [0.2, 0.25) is 0 Å². The van der Waals surface area contributed by atoms with Gasteiger partial charge in [-0.25, -0.2) is 9.80 Å². The smallest absolute Gasteiger partial charge is 0.432 e. The van der Waals surface area contributed by atoms with E-state index >= 15 is 0 Å². The minimum atomic E-state index is -0.669. The molecule has 0 radical (unpaired) electrons. The molecule has 5 rings (SSSR count). The van der Waals surface area contributed by atoms with Crippen LogP contribution in [0.4, 0.5) is 15.3 Å². The minimum absolute atomic E-state index is 0.00472. The first-order valence-electron chi connectivity index (χ1n) is 13.7. The van der Waals surface area contributed by atoms with Gasteiger partial charge in [-0.1, -0.05) is 30.0 Å². The van der Waals surface area contributed by atoms with Gasteiger partial charge in [0.15, 0.2) is 11.5 Å². The lowest BCUT2D eigenvalue weighted by Gasteiger charge is -2.45. The van der Waals surface area contributed by atoms with E-state index in [1.165, 1.54) is 0 Å². The SMILES string of the molecule is COc1ccc(C(=O)N2CCC(C3CSC(=O)N(C(=O)OCCN4CCOCC4)N3C)c3ccccc32)cc1OC. The molecular weight excluding hydrogens is 548 g/mol. The number of rotatable bonds is 7. The second-order valence-corrected chi connectivity index (χ2v) is 11.0. The average molecular weight is 585 g/mol. The first-order chi connectivity index (χ1) is 19.9. The number of hydrogen-bond donors (Lipinski definition) is 0. The van der Waals surface area contributed by atoms with Crippen LogP contribution in [0.5, 0.6) is 11.5 Å². The maximum atomic E-state index is 13.7. The second kappa shape index (κ2) is 13.1. The Bertz CT molecular complexity index is 1270. The molecule has 0 aliphatic carbocycles. The Morgan fingerprint density at radius 3 is 2.54 bits per heavy atom. The molecule has 11 nitrogen and oxygen atoms in total. The topological polar surface area (TPSA) is 101 Å². The van der Waals surface area contributed by atoms with E-state index in [9.17, 15) is 14.4 Å². The van der Waals surface area contributed by atoms with Crippen LogP contribution < -0.4 is 14.4 Å². The predicted octanol–water partition coefficient (Wildman–Crippen LogP) is 3.69. The van der Waals surface area contributed by atoms with Crippen molar-refractivity contribution in [3.63, 3.8) is 0 Å². The van der Waals surface area contributed by atoms with E-state index in [4.69, 9.17) is 18.9 Å². The molecule has 0 saturated carbocycles. The van der Waals surface area contributed by atoms with Crippen LogP contribution in [0, 0.1) is 0 Å². The number of thioether (sulfide) groups is 1. The van der Waals surface area contributed by atoms with Crippen molar-refractivity contribution in [1.29, 1.82) is 0 Å². The summed E-state index contributed by atoms with van der Waals surface area (Å²) in [5, 5.41) is 2.47. The van der Waals surface area contributed by atoms with Crippen molar-refractivity contribution in [2.24, 2.45) is 0 Å². The third-order valence-corrected chi connectivity index (χ3v) is 8.81. The highest BCUT2D eigenvalue weighted by Crippen LogP contribution is 2.42.